The number of ether oxygens (including phenoxy) is 2. The molecule has 32 heavy (non-hydrogen) atoms. The predicted octanol–water partition coefficient (Wildman–Crippen LogP) is 5.93. The van der Waals surface area contributed by atoms with Crippen LogP contribution in [0.2, 0.25) is 10.0 Å². The molecule has 2 amide bonds. The van der Waals surface area contributed by atoms with Gasteiger partial charge in [-0.3, -0.25) is 0 Å². The van der Waals surface area contributed by atoms with Gasteiger partial charge in [0.25, 0.3) is 0 Å². The third-order valence-corrected chi connectivity index (χ3v) is 5.77. The zero-order valence-corrected chi connectivity index (χ0v) is 19.6. The molecule has 0 radical (unpaired) electrons. The van der Waals surface area contributed by atoms with Crippen LogP contribution in [0.5, 0.6) is 5.75 Å². The zero-order valence-electron chi connectivity index (χ0n) is 18.0. The van der Waals surface area contributed by atoms with Gasteiger partial charge < -0.3 is 20.1 Å². The maximum absolute atomic E-state index is 12.8. The molecule has 2 aromatic carbocycles. The second-order valence-corrected chi connectivity index (χ2v) is 8.12. The van der Waals surface area contributed by atoms with Crippen LogP contribution >= 0.6 is 23.2 Å². The quantitative estimate of drug-likeness (QED) is 0.439. The number of hydrogen-bond donors (Lipinski definition) is 2. The van der Waals surface area contributed by atoms with Crippen LogP contribution in [0.25, 0.3) is 0 Å². The molecule has 1 heterocycles. The fourth-order valence-electron chi connectivity index (χ4n) is 3.48. The monoisotopic (exact) mass is 476 g/mol. The van der Waals surface area contributed by atoms with Gasteiger partial charge in [0, 0.05) is 21.3 Å². The van der Waals surface area contributed by atoms with Crippen LogP contribution in [0.15, 0.2) is 53.7 Å². The highest BCUT2D eigenvalue weighted by atomic mass is 35.5. The smallest absolute Gasteiger partial charge is 0.338 e. The number of carbonyl (C=O) groups is 2. The van der Waals surface area contributed by atoms with Gasteiger partial charge in [-0.15, -0.1) is 0 Å². The molecule has 0 aromatic heterocycles. The van der Waals surface area contributed by atoms with E-state index in [1.807, 2.05) is 12.1 Å². The van der Waals surface area contributed by atoms with E-state index >= 15 is 0 Å². The third-order valence-electron chi connectivity index (χ3n) is 5.07. The van der Waals surface area contributed by atoms with Gasteiger partial charge in [0.2, 0.25) is 0 Å². The molecule has 2 N–H and O–H groups in total. The lowest BCUT2D eigenvalue weighted by atomic mass is 9.93. The number of urea groups is 1. The lowest BCUT2D eigenvalue weighted by molar-refractivity contribution is -0.139. The summed E-state index contributed by atoms with van der Waals surface area (Å²) in [6.45, 7) is 4.23. The Morgan fingerprint density at radius 1 is 1.09 bits per heavy atom. The number of rotatable bonds is 9. The molecule has 0 spiro atoms. The minimum absolute atomic E-state index is 0.183. The van der Waals surface area contributed by atoms with Gasteiger partial charge in [0.05, 0.1) is 18.2 Å². The van der Waals surface area contributed by atoms with Gasteiger partial charge >= 0.3 is 12.0 Å². The maximum atomic E-state index is 12.8. The van der Waals surface area contributed by atoms with E-state index in [0.717, 1.165) is 12.8 Å². The summed E-state index contributed by atoms with van der Waals surface area (Å²) in [7, 11) is 0. The molecule has 1 aliphatic heterocycles. The summed E-state index contributed by atoms with van der Waals surface area (Å²) in [5.41, 5.74) is 2.39. The summed E-state index contributed by atoms with van der Waals surface area (Å²) < 4.78 is 11.2. The second-order valence-electron chi connectivity index (χ2n) is 7.31. The first-order valence-corrected chi connectivity index (χ1v) is 11.3. The topological polar surface area (TPSA) is 76.7 Å². The molecule has 0 saturated heterocycles. The summed E-state index contributed by atoms with van der Waals surface area (Å²) in [6.07, 6.45) is 2.35. The van der Waals surface area contributed by atoms with E-state index in [1.54, 1.807) is 37.3 Å². The number of unbranched alkanes of at least 4 members (excludes halogenated alkanes) is 1. The average molecular weight is 477 g/mol. The molecule has 6 nitrogen and oxygen atoms in total. The van der Waals surface area contributed by atoms with E-state index in [2.05, 4.69) is 17.6 Å². The van der Waals surface area contributed by atoms with Crippen LogP contribution in [0.3, 0.4) is 0 Å². The second kappa shape index (κ2) is 11.2. The summed E-state index contributed by atoms with van der Waals surface area (Å²) in [5, 5.41) is 6.66. The highest BCUT2D eigenvalue weighted by Gasteiger charge is 2.33. The molecule has 2 aromatic rings. The Morgan fingerprint density at radius 3 is 2.50 bits per heavy atom. The van der Waals surface area contributed by atoms with Crippen molar-refractivity contribution in [3.05, 3.63) is 74.9 Å². The van der Waals surface area contributed by atoms with Crippen LogP contribution in [-0.2, 0) is 16.1 Å². The van der Waals surface area contributed by atoms with E-state index in [4.69, 9.17) is 32.7 Å². The number of hydrogen-bond acceptors (Lipinski definition) is 4. The molecule has 0 aliphatic carbocycles. The molecule has 3 rings (SSSR count). The number of benzene rings is 2. The highest BCUT2D eigenvalue weighted by Crippen LogP contribution is 2.32. The number of allylic oxidation sites excluding steroid dienone is 1. The fourth-order valence-corrected chi connectivity index (χ4v) is 3.98. The van der Waals surface area contributed by atoms with E-state index in [1.165, 1.54) is 0 Å². The van der Waals surface area contributed by atoms with Gasteiger partial charge in [-0.2, -0.15) is 0 Å². The van der Waals surface area contributed by atoms with E-state index in [0.29, 0.717) is 44.6 Å². The Hall–Kier alpha value is -2.70. The Morgan fingerprint density at radius 2 is 1.81 bits per heavy atom. The normalized spacial score (nSPS) is 15.8. The molecule has 0 bridgehead atoms. The largest absolute Gasteiger partial charge is 0.489 e. The van der Waals surface area contributed by atoms with Crippen molar-refractivity contribution in [1.29, 1.82) is 0 Å². The summed E-state index contributed by atoms with van der Waals surface area (Å²) >= 11 is 12.5. The maximum Gasteiger partial charge on any atom is 0.338 e. The van der Waals surface area contributed by atoms with E-state index in [9.17, 15) is 9.59 Å². The lowest BCUT2D eigenvalue weighted by Crippen LogP contribution is -2.46. The van der Waals surface area contributed by atoms with Crippen LogP contribution in [0.1, 0.15) is 50.3 Å². The van der Waals surface area contributed by atoms with Gasteiger partial charge in [0.15, 0.2) is 0 Å². The van der Waals surface area contributed by atoms with Gasteiger partial charge in [-0.1, -0.05) is 54.7 Å². The van der Waals surface area contributed by atoms with E-state index < -0.39 is 12.0 Å². The van der Waals surface area contributed by atoms with Crippen molar-refractivity contribution in [3.8, 4) is 5.75 Å². The molecule has 1 aliphatic rings. The number of carbonyl (C=O) groups excluding carboxylic acids is 2. The first-order chi connectivity index (χ1) is 15.4. The summed E-state index contributed by atoms with van der Waals surface area (Å²) in [5.74, 6) is 0.106. The number of esters is 1. The van der Waals surface area contributed by atoms with Crippen molar-refractivity contribution < 1.29 is 19.1 Å². The van der Waals surface area contributed by atoms with Gasteiger partial charge in [0.1, 0.15) is 12.4 Å². The Balaban J connectivity index is 1.90. The minimum atomic E-state index is -0.651. The Labute approximate surface area is 197 Å². The lowest BCUT2D eigenvalue weighted by Gasteiger charge is -2.29. The molecule has 1 atom stereocenters. The van der Waals surface area contributed by atoms with Gasteiger partial charge in [-0.05, 0) is 49.6 Å². The van der Waals surface area contributed by atoms with Crippen molar-refractivity contribution in [2.75, 3.05) is 6.61 Å². The molecule has 8 heteroatoms. The van der Waals surface area contributed by atoms with Crippen molar-refractivity contribution >= 4 is 35.2 Å². The molecule has 1 unspecified atom stereocenters. The molecular weight excluding hydrogens is 451 g/mol. The first kappa shape index (κ1) is 24.0. The van der Waals surface area contributed by atoms with Crippen molar-refractivity contribution in [3.63, 3.8) is 0 Å². The average Bonchev–Trinajstić information content (AvgIpc) is 2.77. The SMILES string of the molecule is CCCCC1=C(C(=O)OCC)C(c2cccc(OCc3c(Cl)cccc3Cl)c2)NC(=O)N1. The molecule has 170 valence electrons. The number of halogens is 2. The first-order valence-electron chi connectivity index (χ1n) is 10.6. The minimum Gasteiger partial charge on any atom is -0.489 e. The number of amides is 2. The molecule has 0 saturated carbocycles. The number of nitrogens with one attached hydrogen (secondary N) is 2. The van der Waals surface area contributed by atoms with Crippen molar-refractivity contribution in [2.24, 2.45) is 0 Å². The summed E-state index contributed by atoms with van der Waals surface area (Å²) in [6, 6.07) is 11.5. The van der Waals surface area contributed by atoms with E-state index in [-0.39, 0.29) is 19.2 Å². The van der Waals surface area contributed by atoms with Crippen LogP contribution < -0.4 is 15.4 Å². The van der Waals surface area contributed by atoms with Gasteiger partial charge in [-0.25, -0.2) is 9.59 Å². The van der Waals surface area contributed by atoms with Crippen molar-refractivity contribution in [2.45, 2.75) is 45.8 Å². The zero-order chi connectivity index (χ0) is 23.1. The van der Waals surface area contributed by atoms with Crippen LogP contribution in [-0.4, -0.2) is 18.6 Å². The van der Waals surface area contributed by atoms with Crippen molar-refractivity contribution in [1.82, 2.24) is 10.6 Å². The van der Waals surface area contributed by atoms with Crippen LogP contribution in [0.4, 0.5) is 4.79 Å². The highest BCUT2D eigenvalue weighted by molar-refractivity contribution is 6.35. The van der Waals surface area contributed by atoms with Crippen LogP contribution in [0, 0.1) is 0 Å². The summed E-state index contributed by atoms with van der Waals surface area (Å²) in [4.78, 5) is 25.1. The predicted molar refractivity (Wildman–Crippen MR) is 125 cm³/mol. The Kier molecular flexibility index (Phi) is 8.42. The standard InChI is InChI=1S/C24H26Cl2N2O4/c1-3-5-12-20-21(23(29)31-4-2)22(28-24(30)27-20)15-8-6-9-16(13-15)32-14-17-18(25)10-7-11-19(17)26/h6-11,13,22H,3-5,12,14H2,1-2H3,(H2,27,28,30). The Bertz CT molecular complexity index is 1000. The fraction of sp³-hybridized carbons (Fsp3) is 0.333. The molecular formula is C24H26Cl2N2O4. The molecule has 0 fully saturated rings. The third kappa shape index (κ3) is 5.75.